The van der Waals surface area contributed by atoms with Gasteiger partial charge in [-0.2, -0.15) is 0 Å². The number of aromatic nitrogens is 2. The minimum Gasteiger partial charge on any atom is -0.399 e. The zero-order chi connectivity index (χ0) is 11.4. The number of hydrogen-bond donors (Lipinski definition) is 2. The van der Waals surface area contributed by atoms with Gasteiger partial charge in [0.15, 0.2) is 0 Å². The quantitative estimate of drug-likeness (QED) is 0.759. The molecule has 4 heteroatoms. The van der Waals surface area contributed by atoms with E-state index in [9.17, 15) is 0 Å². The molecule has 1 aromatic heterocycles. The number of imidazole rings is 1. The van der Waals surface area contributed by atoms with Crippen LogP contribution in [0.3, 0.4) is 0 Å². The maximum Gasteiger partial charge on any atom is 0.0951 e. The molecule has 0 saturated heterocycles. The Hall–Kier alpha value is -1.81. The molecule has 0 radical (unpaired) electrons. The van der Waals surface area contributed by atoms with E-state index in [-0.39, 0.29) is 6.04 Å². The first-order valence-corrected chi connectivity index (χ1v) is 5.34. The van der Waals surface area contributed by atoms with Gasteiger partial charge in [-0.15, -0.1) is 0 Å². The molecular formula is C12H16N4. The third-order valence-corrected chi connectivity index (χ3v) is 2.65. The topological polar surface area (TPSA) is 69.9 Å². The van der Waals surface area contributed by atoms with Crippen molar-refractivity contribution in [2.24, 2.45) is 5.73 Å². The van der Waals surface area contributed by atoms with E-state index in [0.717, 1.165) is 12.1 Å². The molecule has 1 atom stereocenters. The van der Waals surface area contributed by atoms with Crippen molar-refractivity contribution >= 4 is 5.69 Å². The van der Waals surface area contributed by atoms with Gasteiger partial charge in [0.1, 0.15) is 0 Å². The molecule has 4 N–H and O–H groups in total. The SMILES string of the molecule is NCCC(c1ccc(N)cc1)n1ccnc1. The van der Waals surface area contributed by atoms with Gasteiger partial charge in [-0.1, -0.05) is 12.1 Å². The first-order chi connectivity index (χ1) is 7.81. The minimum atomic E-state index is 0.244. The molecule has 0 aliphatic carbocycles. The van der Waals surface area contributed by atoms with E-state index in [1.165, 1.54) is 5.56 Å². The summed E-state index contributed by atoms with van der Waals surface area (Å²) in [5.41, 5.74) is 13.3. The van der Waals surface area contributed by atoms with Gasteiger partial charge in [0.2, 0.25) is 0 Å². The molecule has 0 spiro atoms. The first kappa shape index (κ1) is 10.7. The summed E-state index contributed by atoms with van der Waals surface area (Å²) in [5, 5.41) is 0. The smallest absolute Gasteiger partial charge is 0.0951 e. The van der Waals surface area contributed by atoms with Gasteiger partial charge in [0.05, 0.1) is 12.4 Å². The largest absolute Gasteiger partial charge is 0.399 e. The van der Waals surface area contributed by atoms with Crippen molar-refractivity contribution in [3.63, 3.8) is 0 Å². The number of hydrogen-bond acceptors (Lipinski definition) is 3. The average Bonchev–Trinajstić information content (AvgIpc) is 2.81. The second-order valence-corrected chi connectivity index (χ2v) is 3.77. The molecular weight excluding hydrogens is 200 g/mol. The van der Waals surface area contributed by atoms with Crippen LogP contribution in [0.5, 0.6) is 0 Å². The van der Waals surface area contributed by atoms with Crippen LogP contribution in [0, 0.1) is 0 Å². The van der Waals surface area contributed by atoms with Crippen molar-refractivity contribution in [2.75, 3.05) is 12.3 Å². The van der Waals surface area contributed by atoms with Crippen molar-refractivity contribution < 1.29 is 0 Å². The molecule has 0 aliphatic heterocycles. The number of benzene rings is 1. The lowest BCUT2D eigenvalue weighted by Gasteiger charge is -2.18. The lowest BCUT2D eigenvalue weighted by atomic mass is 10.0. The Morgan fingerprint density at radius 3 is 2.56 bits per heavy atom. The van der Waals surface area contributed by atoms with Crippen LogP contribution >= 0.6 is 0 Å². The van der Waals surface area contributed by atoms with Crippen molar-refractivity contribution in [3.8, 4) is 0 Å². The third kappa shape index (κ3) is 2.23. The Morgan fingerprint density at radius 1 is 1.25 bits per heavy atom. The lowest BCUT2D eigenvalue weighted by Crippen LogP contribution is -2.14. The number of nitrogen functional groups attached to an aromatic ring is 1. The highest BCUT2D eigenvalue weighted by atomic mass is 15.0. The minimum absolute atomic E-state index is 0.244. The van der Waals surface area contributed by atoms with E-state index in [2.05, 4.69) is 9.55 Å². The Balaban J connectivity index is 2.29. The van der Waals surface area contributed by atoms with Gasteiger partial charge in [0.25, 0.3) is 0 Å². The van der Waals surface area contributed by atoms with Crippen LogP contribution in [0.15, 0.2) is 43.0 Å². The third-order valence-electron chi connectivity index (χ3n) is 2.65. The standard InChI is InChI=1S/C12H16N4/c13-6-5-12(16-8-7-15-9-16)10-1-3-11(14)4-2-10/h1-4,7-9,12H,5-6,13-14H2. The fraction of sp³-hybridized carbons (Fsp3) is 0.250. The summed E-state index contributed by atoms with van der Waals surface area (Å²) in [4.78, 5) is 4.07. The van der Waals surface area contributed by atoms with Crippen molar-refractivity contribution in [2.45, 2.75) is 12.5 Å². The van der Waals surface area contributed by atoms with E-state index in [1.54, 1.807) is 6.20 Å². The maximum absolute atomic E-state index is 5.68. The van der Waals surface area contributed by atoms with Crippen LogP contribution in [0.4, 0.5) is 5.69 Å². The molecule has 2 aromatic rings. The molecule has 1 unspecified atom stereocenters. The molecule has 16 heavy (non-hydrogen) atoms. The normalized spacial score (nSPS) is 12.6. The highest BCUT2D eigenvalue weighted by molar-refractivity contribution is 5.40. The van der Waals surface area contributed by atoms with Gasteiger partial charge in [0, 0.05) is 18.1 Å². The fourth-order valence-electron chi connectivity index (χ4n) is 1.82. The Kier molecular flexibility index (Phi) is 3.22. The summed E-state index contributed by atoms with van der Waals surface area (Å²) >= 11 is 0. The van der Waals surface area contributed by atoms with Crippen molar-refractivity contribution in [1.29, 1.82) is 0 Å². The fourth-order valence-corrected chi connectivity index (χ4v) is 1.82. The highest BCUT2D eigenvalue weighted by Crippen LogP contribution is 2.22. The molecule has 0 bridgehead atoms. The molecule has 0 fully saturated rings. The molecule has 0 saturated carbocycles. The van der Waals surface area contributed by atoms with E-state index in [1.807, 2.05) is 36.8 Å². The summed E-state index contributed by atoms with van der Waals surface area (Å²) in [7, 11) is 0. The van der Waals surface area contributed by atoms with E-state index in [4.69, 9.17) is 11.5 Å². The van der Waals surface area contributed by atoms with Gasteiger partial charge in [-0.05, 0) is 30.7 Å². The van der Waals surface area contributed by atoms with Gasteiger partial charge in [-0.25, -0.2) is 4.98 Å². The zero-order valence-corrected chi connectivity index (χ0v) is 9.08. The Morgan fingerprint density at radius 2 is 2.00 bits per heavy atom. The van der Waals surface area contributed by atoms with Crippen molar-refractivity contribution in [3.05, 3.63) is 48.5 Å². The monoisotopic (exact) mass is 216 g/mol. The van der Waals surface area contributed by atoms with Crippen LogP contribution in [0.25, 0.3) is 0 Å². The molecule has 0 aliphatic rings. The summed E-state index contributed by atoms with van der Waals surface area (Å²) in [6.07, 6.45) is 6.44. The van der Waals surface area contributed by atoms with Gasteiger partial charge < -0.3 is 16.0 Å². The van der Waals surface area contributed by atoms with Crippen molar-refractivity contribution in [1.82, 2.24) is 9.55 Å². The van der Waals surface area contributed by atoms with Gasteiger partial charge in [-0.3, -0.25) is 0 Å². The number of anilines is 1. The van der Waals surface area contributed by atoms with E-state index < -0.39 is 0 Å². The zero-order valence-electron chi connectivity index (χ0n) is 9.08. The molecule has 0 amide bonds. The molecule has 2 rings (SSSR count). The summed E-state index contributed by atoms with van der Waals surface area (Å²) in [6, 6.07) is 8.14. The van der Waals surface area contributed by atoms with Crippen LogP contribution in [-0.4, -0.2) is 16.1 Å². The van der Waals surface area contributed by atoms with Crippen LogP contribution < -0.4 is 11.5 Å². The highest BCUT2D eigenvalue weighted by Gasteiger charge is 2.11. The second kappa shape index (κ2) is 4.81. The first-order valence-electron chi connectivity index (χ1n) is 5.34. The Labute approximate surface area is 94.9 Å². The number of rotatable bonds is 4. The lowest BCUT2D eigenvalue weighted by molar-refractivity contribution is 0.547. The van der Waals surface area contributed by atoms with Gasteiger partial charge >= 0.3 is 0 Å². The predicted molar refractivity (Wildman–Crippen MR) is 64.9 cm³/mol. The molecule has 4 nitrogen and oxygen atoms in total. The average molecular weight is 216 g/mol. The summed E-state index contributed by atoms with van der Waals surface area (Å²) in [5.74, 6) is 0. The van der Waals surface area contributed by atoms with Crippen LogP contribution in [-0.2, 0) is 0 Å². The number of nitrogens with zero attached hydrogens (tertiary/aromatic N) is 2. The predicted octanol–water partition coefficient (Wildman–Crippen LogP) is 1.40. The maximum atomic E-state index is 5.68. The Bertz CT molecular complexity index is 419. The van der Waals surface area contributed by atoms with E-state index >= 15 is 0 Å². The van der Waals surface area contributed by atoms with Crippen LogP contribution in [0.2, 0.25) is 0 Å². The van der Waals surface area contributed by atoms with Crippen LogP contribution in [0.1, 0.15) is 18.0 Å². The summed E-state index contributed by atoms with van der Waals surface area (Å²) < 4.78 is 2.07. The second-order valence-electron chi connectivity index (χ2n) is 3.77. The molecule has 84 valence electrons. The molecule has 1 heterocycles. The molecule has 1 aromatic carbocycles. The number of nitrogens with two attached hydrogens (primary N) is 2. The van der Waals surface area contributed by atoms with E-state index in [0.29, 0.717) is 6.54 Å². The summed E-state index contributed by atoms with van der Waals surface area (Å²) in [6.45, 7) is 0.646.